The predicted molar refractivity (Wildman–Crippen MR) is 87.5 cm³/mol. The normalized spacial score (nSPS) is 30.5. The number of rotatable bonds is 3. The molecule has 110 valence electrons. The van der Waals surface area contributed by atoms with Crippen LogP contribution in [0.2, 0.25) is 0 Å². The lowest BCUT2D eigenvalue weighted by Crippen LogP contribution is -2.30. The highest BCUT2D eigenvalue weighted by Crippen LogP contribution is 2.31. The molecule has 1 aromatic rings. The van der Waals surface area contributed by atoms with Crippen molar-refractivity contribution in [2.75, 3.05) is 23.3 Å². The van der Waals surface area contributed by atoms with Gasteiger partial charge in [-0.2, -0.15) is 0 Å². The fraction of sp³-hybridized carbons (Fsp3) is 0.667. The van der Waals surface area contributed by atoms with Gasteiger partial charge < -0.3 is 10.2 Å². The molecule has 1 saturated heterocycles. The molecule has 0 radical (unpaired) electrons. The summed E-state index contributed by atoms with van der Waals surface area (Å²) in [6.07, 6.45) is 6.72. The van der Waals surface area contributed by atoms with Crippen LogP contribution in [0.4, 0.5) is 11.4 Å². The van der Waals surface area contributed by atoms with E-state index in [1.165, 1.54) is 56.6 Å². The van der Waals surface area contributed by atoms with Gasteiger partial charge in [0.05, 0.1) is 0 Å². The van der Waals surface area contributed by atoms with Crippen LogP contribution in [0, 0.1) is 11.8 Å². The molecule has 3 rings (SSSR count). The van der Waals surface area contributed by atoms with E-state index in [0.717, 1.165) is 11.8 Å². The molecule has 1 aliphatic carbocycles. The molecule has 2 nitrogen and oxygen atoms in total. The summed E-state index contributed by atoms with van der Waals surface area (Å²) >= 11 is 0. The van der Waals surface area contributed by atoms with E-state index in [9.17, 15) is 0 Å². The van der Waals surface area contributed by atoms with Crippen molar-refractivity contribution < 1.29 is 0 Å². The quantitative estimate of drug-likeness (QED) is 0.870. The third-order valence-electron chi connectivity index (χ3n) is 4.87. The highest BCUT2D eigenvalue weighted by Gasteiger charge is 2.23. The van der Waals surface area contributed by atoms with Gasteiger partial charge in [-0.25, -0.2) is 0 Å². The number of nitrogens with one attached hydrogen (secondary N) is 1. The fourth-order valence-corrected chi connectivity index (χ4v) is 4.07. The van der Waals surface area contributed by atoms with Gasteiger partial charge in [0.2, 0.25) is 0 Å². The van der Waals surface area contributed by atoms with E-state index in [-0.39, 0.29) is 0 Å². The fourth-order valence-electron chi connectivity index (χ4n) is 4.07. The van der Waals surface area contributed by atoms with Crippen LogP contribution in [-0.4, -0.2) is 19.1 Å². The van der Waals surface area contributed by atoms with Crippen molar-refractivity contribution in [2.45, 2.75) is 52.0 Å². The molecule has 2 unspecified atom stereocenters. The Hall–Kier alpha value is -1.18. The first kappa shape index (κ1) is 13.8. The Morgan fingerprint density at radius 1 is 1.00 bits per heavy atom. The smallest absolute Gasteiger partial charge is 0.0386 e. The van der Waals surface area contributed by atoms with Crippen molar-refractivity contribution in [3.05, 3.63) is 24.3 Å². The van der Waals surface area contributed by atoms with Crippen molar-refractivity contribution in [2.24, 2.45) is 11.8 Å². The van der Waals surface area contributed by atoms with Gasteiger partial charge in [-0.15, -0.1) is 0 Å². The molecule has 0 spiro atoms. The molecule has 1 aliphatic heterocycles. The van der Waals surface area contributed by atoms with Crippen LogP contribution >= 0.6 is 0 Å². The third kappa shape index (κ3) is 3.28. The maximum Gasteiger partial charge on any atom is 0.0386 e. The van der Waals surface area contributed by atoms with Gasteiger partial charge >= 0.3 is 0 Å². The predicted octanol–water partition coefficient (Wildman–Crippen LogP) is 4.52. The maximum atomic E-state index is 3.78. The van der Waals surface area contributed by atoms with E-state index in [0.29, 0.717) is 6.04 Å². The zero-order valence-electron chi connectivity index (χ0n) is 12.9. The number of benzene rings is 1. The van der Waals surface area contributed by atoms with Crippen LogP contribution in [-0.2, 0) is 0 Å². The van der Waals surface area contributed by atoms with Gasteiger partial charge in [0, 0.05) is 30.5 Å². The molecule has 2 fully saturated rings. The Kier molecular flexibility index (Phi) is 4.18. The van der Waals surface area contributed by atoms with Crippen molar-refractivity contribution in [3.8, 4) is 0 Å². The maximum absolute atomic E-state index is 3.78. The summed E-state index contributed by atoms with van der Waals surface area (Å²) in [4.78, 5) is 2.51. The molecule has 20 heavy (non-hydrogen) atoms. The first-order valence-electron chi connectivity index (χ1n) is 8.32. The van der Waals surface area contributed by atoms with Gasteiger partial charge in [-0.3, -0.25) is 0 Å². The number of hydrogen-bond acceptors (Lipinski definition) is 2. The van der Waals surface area contributed by atoms with Crippen molar-refractivity contribution >= 4 is 11.4 Å². The molecule has 2 aliphatic rings. The van der Waals surface area contributed by atoms with E-state index >= 15 is 0 Å². The largest absolute Gasteiger partial charge is 0.382 e. The molecular formula is C18H28N2. The molecule has 1 aromatic carbocycles. The van der Waals surface area contributed by atoms with E-state index in [1.807, 2.05) is 0 Å². The minimum atomic E-state index is 0.655. The standard InChI is InChI=1S/C18H28N2/c1-14-10-15(2)12-17(11-14)19-16-6-5-7-18(13-16)20-8-3-4-9-20/h5-7,13-15,17,19H,3-4,8-12H2,1-2H3. The second-order valence-electron chi connectivity index (χ2n) is 7.00. The third-order valence-corrected chi connectivity index (χ3v) is 4.87. The molecule has 2 atom stereocenters. The van der Waals surface area contributed by atoms with Gasteiger partial charge in [0.25, 0.3) is 0 Å². The van der Waals surface area contributed by atoms with E-state index < -0.39 is 0 Å². The second-order valence-corrected chi connectivity index (χ2v) is 7.00. The summed E-state index contributed by atoms with van der Waals surface area (Å²) in [6.45, 7) is 7.23. The van der Waals surface area contributed by atoms with Crippen LogP contribution in [0.3, 0.4) is 0 Å². The van der Waals surface area contributed by atoms with Crippen molar-refractivity contribution in [1.82, 2.24) is 0 Å². The molecule has 0 aromatic heterocycles. The number of hydrogen-bond donors (Lipinski definition) is 1. The summed E-state index contributed by atoms with van der Waals surface area (Å²) in [5, 5.41) is 3.78. The van der Waals surface area contributed by atoms with Gasteiger partial charge in [-0.05, 0) is 62.1 Å². The molecule has 1 heterocycles. The zero-order valence-corrected chi connectivity index (χ0v) is 12.9. The highest BCUT2D eigenvalue weighted by molar-refractivity contribution is 5.58. The van der Waals surface area contributed by atoms with Crippen molar-refractivity contribution in [3.63, 3.8) is 0 Å². The SMILES string of the molecule is CC1CC(C)CC(Nc2cccc(N3CCCC3)c2)C1. The van der Waals surface area contributed by atoms with Crippen LogP contribution < -0.4 is 10.2 Å². The Labute approximate surface area is 123 Å². The first-order chi connectivity index (χ1) is 9.70. The van der Waals surface area contributed by atoms with Crippen molar-refractivity contribution in [1.29, 1.82) is 0 Å². The lowest BCUT2D eigenvalue weighted by Gasteiger charge is -2.32. The van der Waals surface area contributed by atoms with Gasteiger partial charge in [0.15, 0.2) is 0 Å². The molecule has 0 bridgehead atoms. The van der Waals surface area contributed by atoms with Crippen LogP contribution in [0.5, 0.6) is 0 Å². The lowest BCUT2D eigenvalue weighted by molar-refractivity contribution is 0.281. The molecule has 1 N–H and O–H groups in total. The minimum Gasteiger partial charge on any atom is -0.382 e. The summed E-state index contributed by atoms with van der Waals surface area (Å²) in [5.41, 5.74) is 2.70. The van der Waals surface area contributed by atoms with Crippen LogP contribution in [0.15, 0.2) is 24.3 Å². The minimum absolute atomic E-state index is 0.655. The molecule has 1 saturated carbocycles. The number of nitrogens with zero attached hydrogens (tertiary/aromatic N) is 1. The van der Waals surface area contributed by atoms with Gasteiger partial charge in [-0.1, -0.05) is 19.9 Å². The second kappa shape index (κ2) is 6.07. The Morgan fingerprint density at radius 2 is 1.70 bits per heavy atom. The Balaban J connectivity index is 1.66. The average Bonchev–Trinajstić information content (AvgIpc) is 2.91. The molecular weight excluding hydrogens is 244 g/mol. The van der Waals surface area contributed by atoms with Gasteiger partial charge in [0.1, 0.15) is 0 Å². The zero-order chi connectivity index (χ0) is 13.9. The van der Waals surface area contributed by atoms with E-state index in [1.54, 1.807) is 0 Å². The summed E-state index contributed by atoms with van der Waals surface area (Å²) < 4.78 is 0. The van der Waals surface area contributed by atoms with Crippen LogP contribution in [0.1, 0.15) is 46.0 Å². The lowest BCUT2D eigenvalue weighted by atomic mass is 9.80. The number of anilines is 2. The summed E-state index contributed by atoms with van der Waals surface area (Å²) in [6, 6.07) is 9.68. The van der Waals surface area contributed by atoms with Crippen LogP contribution in [0.25, 0.3) is 0 Å². The Bertz CT molecular complexity index is 427. The first-order valence-corrected chi connectivity index (χ1v) is 8.32. The Morgan fingerprint density at radius 3 is 2.40 bits per heavy atom. The summed E-state index contributed by atoms with van der Waals surface area (Å²) in [5.74, 6) is 1.72. The highest BCUT2D eigenvalue weighted by atomic mass is 15.1. The topological polar surface area (TPSA) is 15.3 Å². The van der Waals surface area contributed by atoms with E-state index in [2.05, 4.69) is 48.3 Å². The molecule has 0 amide bonds. The monoisotopic (exact) mass is 272 g/mol. The summed E-state index contributed by atoms with van der Waals surface area (Å²) in [7, 11) is 0. The van der Waals surface area contributed by atoms with E-state index in [4.69, 9.17) is 0 Å². The average molecular weight is 272 g/mol. The molecule has 2 heteroatoms.